The summed E-state index contributed by atoms with van der Waals surface area (Å²) < 4.78 is 0. The van der Waals surface area contributed by atoms with Crippen molar-refractivity contribution in [2.45, 2.75) is 44.4 Å². The van der Waals surface area contributed by atoms with E-state index in [1.165, 1.54) is 4.88 Å². The van der Waals surface area contributed by atoms with Gasteiger partial charge in [-0.15, -0.1) is 11.3 Å². The van der Waals surface area contributed by atoms with Crippen LogP contribution in [-0.4, -0.2) is 46.1 Å². The van der Waals surface area contributed by atoms with E-state index in [1.54, 1.807) is 11.3 Å². The van der Waals surface area contributed by atoms with Gasteiger partial charge in [0, 0.05) is 23.7 Å². The normalized spacial score (nSPS) is 22.6. The molecule has 1 aliphatic carbocycles. The number of amides is 1. The molecule has 2 fully saturated rings. The Morgan fingerprint density at radius 2 is 2.20 bits per heavy atom. The highest BCUT2D eigenvalue weighted by Gasteiger charge is 2.32. The summed E-state index contributed by atoms with van der Waals surface area (Å²) in [4.78, 5) is 19.6. The molecule has 1 aromatic heterocycles. The fraction of sp³-hybridized carbons (Fsp3) is 0.714. The van der Waals surface area contributed by atoms with Crippen molar-refractivity contribution < 1.29 is 9.90 Å². The summed E-state index contributed by atoms with van der Waals surface area (Å²) in [6, 6.07) is 0.323. The molecule has 1 aromatic rings. The molecule has 2 aliphatic rings. The van der Waals surface area contributed by atoms with E-state index in [0.717, 1.165) is 45.3 Å². The maximum atomic E-state index is 11.8. The van der Waals surface area contributed by atoms with E-state index in [4.69, 9.17) is 0 Å². The van der Waals surface area contributed by atoms with Gasteiger partial charge in [0.1, 0.15) is 6.10 Å². The van der Waals surface area contributed by atoms with Crippen LogP contribution >= 0.6 is 11.3 Å². The van der Waals surface area contributed by atoms with Crippen LogP contribution in [0.4, 0.5) is 0 Å². The monoisotopic (exact) mass is 295 g/mol. The number of likely N-dealkylation sites (tertiary alicyclic amines) is 1. The summed E-state index contributed by atoms with van der Waals surface area (Å²) >= 11 is 1.68. The number of rotatable bonds is 5. The molecule has 1 amide bonds. The summed E-state index contributed by atoms with van der Waals surface area (Å²) in [6.45, 7) is 2.81. The van der Waals surface area contributed by atoms with Gasteiger partial charge in [0.05, 0.1) is 5.51 Å². The number of aliphatic hydroxyl groups excluding tert-OH is 1. The molecule has 0 bridgehead atoms. The fourth-order valence-electron chi connectivity index (χ4n) is 2.70. The van der Waals surface area contributed by atoms with Crippen LogP contribution in [0.15, 0.2) is 11.7 Å². The van der Waals surface area contributed by atoms with Crippen LogP contribution in [0.25, 0.3) is 0 Å². The van der Waals surface area contributed by atoms with Crippen molar-refractivity contribution in [3.05, 3.63) is 16.6 Å². The maximum absolute atomic E-state index is 11.8. The Labute approximate surface area is 123 Å². The van der Waals surface area contributed by atoms with Gasteiger partial charge in [0.15, 0.2) is 0 Å². The minimum atomic E-state index is -0.832. The molecule has 0 aromatic carbocycles. The van der Waals surface area contributed by atoms with Crippen LogP contribution in [0.5, 0.6) is 0 Å². The minimum absolute atomic E-state index is 0.103. The number of nitrogens with one attached hydrogen (secondary N) is 1. The SMILES string of the molecule is O=C(NC1CC1)C(O)C1CCN(Cc2cncs2)CC1. The van der Waals surface area contributed by atoms with E-state index in [-0.39, 0.29) is 11.8 Å². The zero-order chi connectivity index (χ0) is 13.9. The Bertz CT molecular complexity index is 439. The number of nitrogens with zero attached hydrogens (tertiary/aromatic N) is 2. The standard InChI is InChI=1S/C14H21N3O2S/c18-13(14(19)16-11-1-2-11)10-3-5-17(6-4-10)8-12-7-15-9-20-12/h7,9-11,13,18H,1-6,8H2,(H,16,19). The first kappa shape index (κ1) is 14.0. The molecule has 5 nitrogen and oxygen atoms in total. The number of hydrogen-bond donors (Lipinski definition) is 2. The van der Waals surface area contributed by atoms with Gasteiger partial charge in [0.2, 0.25) is 5.91 Å². The van der Waals surface area contributed by atoms with Gasteiger partial charge in [-0.1, -0.05) is 0 Å². The lowest BCUT2D eigenvalue weighted by Crippen LogP contribution is -2.44. The fourth-order valence-corrected chi connectivity index (χ4v) is 3.33. The Morgan fingerprint density at radius 3 is 2.80 bits per heavy atom. The second kappa shape index (κ2) is 6.20. The van der Waals surface area contributed by atoms with Gasteiger partial charge in [-0.3, -0.25) is 14.7 Å². The lowest BCUT2D eigenvalue weighted by molar-refractivity contribution is -0.133. The molecule has 2 heterocycles. The first-order chi connectivity index (χ1) is 9.72. The lowest BCUT2D eigenvalue weighted by Gasteiger charge is -2.33. The van der Waals surface area contributed by atoms with E-state index < -0.39 is 6.10 Å². The smallest absolute Gasteiger partial charge is 0.249 e. The Kier molecular flexibility index (Phi) is 4.33. The van der Waals surface area contributed by atoms with Gasteiger partial charge in [-0.05, 0) is 44.7 Å². The van der Waals surface area contributed by atoms with Crippen LogP contribution in [0, 0.1) is 5.92 Å². The highest BCUT2D eigenvalue weighted by molar-refractivity contribution is 7.09. The van der Waals surface area contributed by atoms with Crippen molar-refractivity contribution in [1.29, 1.82) is 0 Å². The highest BCUT2D eigenvalue weighted by Crippen LogP contribution is 2.24. The number of thiazole rings is 1. The molecule has 110 valence electrons. The van der Waals surface area contributed by atoms with Crippen molar-refractivity contribution >= 4 is 17.2 Å². The van der Waals surface area contributed by atoms with Crippen molar-refractivity contribution in [2.75, 3.05) is 13.1 Å². The number of hydrogen-bond acceptors (Lipinski definition) is 5. The van der Waals surface area contributed by atoms with Crippen molar-refractivity contribution in [2.24, 2.45) is 5.92 Å². The second-order valence-electron chi connectivity index (χ2n) is 5.81. The quantitative estimate of drug-likeness (QED) is 0.850. The Hall–Kier alpha value is -0.980. The molecule has 20 heavy (non-hydrogen) atoms. The maximum Gasteiger partial charge on any atom is 0.249 e. The molecule has 1 aliphatic heterocycles. The molecule has 6 heteroatoms. The van der Waals surface area contributed by atoms with E-state index in [1.807, 2.05) is 11.7 Å². The van der Waals surface area contributed by atoms with Crippen LogP contribution in [0.1, 0.15) is 30.6 Å². The average molecular weight is 295 g/mol. The predicted molar refractivity (Wildman–Crippen MR) is 77.3 cm³/mol. The number of carbonyl (C=O) groups is 1. The molecule has 0 spiro atoms. The van der Waals surface area contributed by atoms with Crippen LogP contribution in [-0.2, 0) is 11.3 Å². The lowest BCUT2D eigenvalue weighted by atomic mass is 9.90. The molecule has 0 radical (unpaired) electrons. The predicted octanol–water partition coefficient (Wildman–Crippen LogP) is 0.995. The van der Waals surface area contributed by atoms with Gasteiger partial charge in [0.25, 0.3) is 0 Å². The minimum Gasteiger partial charge on any atom is -0.383 e. The molecular formula is C14H21N3O2S. The molecule has 1 saturated carbocycles. The van der Waals surface area contributed by atoms with Gasteiger partial charge < -0.3 is 10.4 Å². The number of aromatic nitrogens is 1. The van der Waals surface area contributed by atoms with E-state index >= 15 is 0 Å². The third-order valence-electron chi connectivity index (χ3n) is 4.13. The number of aliphatic hydroxyl groups is 1. The number of piperidine rings is 1. The molecule has 1 atom stereocenters. The van der Waals surface area contributed by atoms with Crippen molar-refractivity contribution in [1.82, 2.24) is 15.2 Å². The van der Waals surface area contributed by atoms with E-state index in [0.29, 0.717) is 6.04 Å². The molecule has 1 saturated heterocycles. The summed E-state index contributed by atoms with van der Waals surface area (Å²) in [5, 5.41) is 13.0. The number of carbonyl (C=O) groups excluding carboxylic acids is 1. The molecule has 2 N–H and O–H groups in total. The van der Waals surface area contributed by atoms with Crippen LogP contribution in [0.2, 0.25) is 0 Å². The van der Waals surface area contributed by atoms with E-state index in [2.05, 4.69) is 15.2 Å². The summed E-state index contributed by atoms with van der Waals surface area (Å²) in [5.74, 6) is -0.0696. The third-order valence-corrected chi connectivity index (χ3v) is 4.90. The largest absolute Gasteiger partial charge is 0.383 e. The molecule has 3 rings (SSSR count). The summed E-state index contributed by atoms with van der Waals surface area (Å²) in [6.07, 6.45) is 4.98. The third kappa shape index (κ3) is 3.56. The first-order valence-electron chi connectivity index (χ1n) is 7.30. The zero-order valence-electron chi connectivity index (χ0n) is 11.5. The van der Waals surface area contributed by atoms with Crippen LogP contribution in [0.3, 0.4) is 0 Å². The highest BCUT2D eigenvalue weighted by atomic mass is 32.1. The molecular weight excluding hydrogens is 274 g/mol. The zero-order valence-corrected chi connectivity index (χ0v) is 12.3. The van der Waals surface area contributed by atoms with Crippen molar-refractivity contribution in [3.8, 4) is 0 Å². The topological polar surface area (TPSA) is 65.5 Å². The second-order valence-corrected chi connectivity index (χ2v) is 6.78. The Morgan fingerprint density at radius 1 is 1.45 bits per heavy atom. The summed E-state index contributed by atoms with van der Waals surface area (Å²) in [7, 11) is 0. The molecule has 1 unspecified atom stereocenters. The van der Waals surface area contributed by atoms with Gasteiger partial charge in [-0.25, -0.2) is 0 Å². The van der Waals surface area contributed by atoms with Crippen molar-refractivity contribution in [3.63, 3.8) is 0 Å². The van der Waals surface area contributed by atoms with Crippen LogP contribution < -0.4 is 5.32 Å². The first-order valence-corrected chi connectivity index (χ1v) is 8.18. The Balaban J connectivity index is 1.44. The average Bonchev–Trinajstić information content (AvgIpc) is 3.12. The van der Waals surface area contributed by atoms with Gasteiger partial charge >= 0.3 is 0 Å². The summed E-state index contributed by atoms with van der Waals surface area (Å²) in [5.41, 5.74) is 1.86. The van der Waals surface area contributed by atoms with Gasteiger partial charge in [-0.2, -0.15) is 0 Å². The van der Waals surface area contributed by atoms with E-state index in [9.17, 15) is 9.90 Å².